The number of nitrogens with one attached hydrogen (secondary N) is 1. The Kier molecular flexibility index (Phi) is 6.54. The van der Waals surface area contributed by atoms with E-state index in [0.29, 0.717) is 0 Å². The Morgan fingerprint density at radius 1 is 1.14 bits per heavy atom. The van der Waals surface area contributed by atoms with Gasteiger partial charge in [-0.15, -0.1) is 11.8 Å². The zero-order valence-electron chi connectivity index (χ0n) is 8.83. The van der Waals surface area contributed by atoms with E-state index in [1.165, 1.54) is 23.5 Å². The van der Waals surface area contributed by atoms with Crippen LogP contribution in [0.1, 0.15) is 19.8 Å². The molecule has 0 amide bonds. The molecule has 0 fully saturated rings. The molecule has 0 atom stereocenters. The van der Waals surface area contributed by atoms with E-state index in [9.17, 15) is 0 Å². The molecule has 0 saturated heterocycles. The van der Waals surface area contributed by atoms with Crippen LogP contribution in [-0.4, -0.2) is 18.8 Å². The van der Waals surface area contributed by atoms with E-state index in [0.717, 1.165) is 13.1 Å². The molecule has 1 N–H and O–H groups in total. The maximum Gasteiger partial charge on any atom is 0.00719 e. The van der Waals surface area contributed by atoms with Crippen molar-refractivity contribution in [1.29, 1.82) is 0 Å². The lowest BCUT2D eigenvalue weighted by molar-refractivity contribution is 0.666. The molecule has 0 radical (unpaired) electrons. The molecule has 2 heteroatoms. The SMILES string of the molecule is CCNCCCCSc1ccccc1. The van der Waals surface area contributed by atoms with Crippen molar-refractivity contribution in [2.75, 3.05) is 18.8 Å². The molecule has 14 heavy (non-hydrogen) atoms. The van der Waals surface area contributed by atoms with E-state index in [-0.39, 0.29) is 0 Å². The predicted molar refractivity (Wildman–Crippen MR) is 64.9 cm³/mol. The van der Waals surface area contributed by atoms with E-state index in [1.54, 1.807) is 0 Å². The molecule has 0 unspecified atom stereocenters. The zero-order valence-corrected chi connectivity index (χ0v) is 9.65. The topological polar surface area (TPSA) is 12.0 Å². The van der Waals surface area contributed by atoms with Gasteiger partial charge in [0, 0.05) is 4.90 Å². The van der Waals surface area contributed by atoms with Gasteiger partial charge in [0.05, 0.1) is 0 Å². The quantitative estimate of drug-likeness (QED) is 0.547. The molecule has 0 aliphatic rings. The maximum absolute atomic E-state index is 3.34. The van der Waals surface area contributed by atoms with Crippen LogP contribution in [0, 0.1) is 0 Å². The summed E-state index contributed by atoms with van der Waals surface area (Å²) in [6.45, 7) is 4.40. The number of hydrogen-bond donors (Lipinski definition) is 1. The molecule has 1 nitrogen and oxygen atoms in total. The first-order valence-electron chi connectivity index (χ1n) is 5.32. The fourth-order valence-electron chi connectivity index (χ4n) is 1.24. The van der Waals surface area contributed by atoms with Gasteiger partial charge in [-0.1, -0.05) is 25.1 Å². The van der Waals surface area contributed by atoms with E-state index in [4.69, 9.17) is 0 Å². The Hall–Kier alpha value is -0.470. The second-order valence-electron chi connectivity index (χ2n) is 3.22. The summed E-state index contributed by atoms with van der Waals surface area (Å²) in [6.07, 6.45) is 2.58. The van der Waals surface area contributed by atoms with Crippen LogP contribution < -0.4 is 5.32 Å². The van der Waals surface area contributed by atoms with Gasteiger partial charge in [-0.05, 0) is 43.8 Å². The molecule has 0 aliphatic heterocycles. The highest BCUT2D eigenvalue weighted by molar-refractivity contribution is 7.99. The van der Waals surface area contributed by atoms with Crippen molar-refractivity contribution in [3.05, 3.63) is 30.3 Å². The highest BCUT2D eigenvalue weighted by Crippen LogP contribution is 2.17. The molecule has 1 aromatic rings. The smallest absolute Gasteiger partial charge is 0.00719 e. The Labute approximate surface area is 91.3 Å². The van der Waals surface area contributed by atoms with Crippen molar-refractivity contribution >= 4 is 11.8 Å². The van der Waals surface area contributed by atoms with Crippen LogP contribution in [0.2, 0.25) is 0 Å². The third-order valence-electron chi connectivity index (χ3n) is 2.01. The van der Waals surface area contributed by atoms with Gasteiger partial charge < -0.3 is 5.32 Å². The minimum Gasteiger partial charge on any atom is -0.317 e. The third kappa shape index (κ3) is 5.30. The molecule has 78 valence electrons. The Morgan fingerprint density at radius 2 is 1.93 bits per heavy atom. The van der Waals surface area contributed by atoms with Crippen LogP contribution in [0.4, 0.5) is 0 Å². The van der Waals surface area contributed by atoms with Crippen LogP contribution >= 0.6 is 11.8 Å². The van der Waals surface area contributed by atoms with Crippen LogP contribution in [-0.2, 0) is 0 Å². The number of hydrogen-bond acceptors (Lipinski definition) is 2. The van der Waals surface area contributed by atoms with E-state index >= 15 is 0 Å². The Balaban J connectivity index is 1.99. The van der Waals surface area contributed by atoms with Gasteiger partial charge in [0.25, 0.3) is 0 Å². The van der Waals surface area contributed by atoms with Crippen molar-refractivity contribution < 1.29 is 0 Å². The monoisotopic (exact) mass is 209 g/mol. The summed E-state index contributed by atoms with van der Waals surface area (Å²) in [6, 6.07) is 10.6. The van der Waals surface area contributed by atoms with E-state index in [2.05, 4.69) is 42.6 Å². The summed E-state index contributed by atoms with van der Waals surface area (Å²) in [7, 11) is 0. The summed E-state index contributed by atoms with van der Waals surface area (Å²) >= 11 is 1.95. The van der Waals surface area contributed by atoms with Crippen molar-refractivity contribution in [1.82, 2.24) is 5.32 Å². The molecule has 0 saturated carbocycles. The van der Waals surface area contributed by atoms with E-state index in [1.807, 2.05) is 11.8 Å². The Bertz CT molecular complexity index is 223. The highest BCUT2D eigenvalue weighted by Gasteiger charge is 1.92. The largest absolute Gasteiger partial charge is 0.317 e. The lowest BCUT2D eigenvalue weighted by Crippen LogP contribution is -2.13. The van der Waals surface area contributed by atoms with Crippen LogP contribution in [0.3, 0.4) is 0 Å². The highest BCUT2D eigenvalue weighted by atomic mass is 32.2. The number of rotatable bonds is 7. The molecular formula is C12H19NS. The average Bonchev–Trinajstić information content (AvgIpc) is 2.25. The van der Waals surface area contributed by atoms with Crippen molar-refractivity contribution in [2.45, 2.75) is 24.7 Å². The minimum atomic E-state index is 1.09. The standard InChI is InChI=1S/C12H19NS/c1-2-13-10-6-7-11-14-12-8-4-3-5-9-12/h3-5,8-9,13H,2,6-7,10-11H2,1H3. The molecule has 0 spiro atoms. The fraction of sp³-hybridized carbons (Fsp3) is 0.500. The van der Waals surface area contributed by atoms with Gasteiger partial charge in [-0.2, -0.15) is 0 Å². The van der Waals surface area contributed by atoms with Crippen molar-refractivity contribution in [3.8, 4) is 0 Å². The lowest BCUT2D eigenvalue weighted by atomic mass is 10.3. The van der Waals surface area contributed by atoms with Crippen molar-refractivity contribution in [3.63, 3.8) is 0 Å². The van der Waals surface area contributed by atoms with Gasteiger partial charge in [-0.25, -0.2) is 0 Å². The van der Waals surface area contributed by atoms with Gasteiger partial charge >= 0.3 is 0 Å². The number of benzene rings is 1. The van der Waals surface area contributed by atoms with E-state index < -0.39 is 0 Å². The van der Waals surface area contributed by atoms with Gasteiger partial charge in [0.15, 0.2) is 0 Å². The first-order valence-corrected chi connectivity index (χ1v) is 6.30. The summed E-state index contributed by atoms with van der Waals surface area (Å²) in [4.78, 5) is 1.39. The lowest BCUT2D eigenvalue weighted by Gasteiger charge is -2.02. The maximum atomic E-state index is 3.34. The summed E-state index contributed by atoms with van der Waals surface area (Å²) in [5, 5.41) is 3.34. The summed E-state index contributed by atoms with van der Waals surface area (Å²) in [5.41, 5.74) is 0. The average molecular weight is 209 g/mol. The van der Waals surface area contributed by atoms with Gasteiger partial charge in [0.1, 0.15) is 0 Å². The molecular weight excluding hydrogens is 190 g/mol. The second kappa shape index (κ2) is 7.89. The Morgan fingerprint density at radius 3 is 2.64 bits per heavy atom. The first-order chi connectivity index (χ1) is 6.93. The molecule has 1 rings (SSSR count). The van der Waals surface area contributed by atoms with Gasteiger partial charge in [0.2, 0.25) is 0 Å². The van der Waals surface area contributed by atoms with Gasteiger partial charge in [-0.3, -0.25) is 0 Å². The fourth-order valence-corrected chi connectivity index (χ4v) is 2.17. The minimum absolute atomic E-state index is 1.09. The van der Waals surface area contributed by atoms with Crippen LogP contribution in [0.25, 0.3) is 0 Å². The third-order valence-corrected chi connectivity index (χ3v) is 3.11. The number of unbranched alkanes of at least 4 members (excludes halogenated alkanes) is 1. The normalized spacial score (nSPS) is 10.4. The first kappa shape index (κ1) is 11.6. The molecule has 0 aromatic heterocycles. The summed E-state index contributed by atoms with van der Waals surface area (Å²) < 4.78 is 0. The predicted octanol–water partition coefficient (Wildman–Crippen LogP) is 3.17. The molecule has 1 aromatic carbocycles. The second-order valence-corrected chi connectivity index (χ2v) is 4.39. The molecule has 0 bridgehead atoms. The molecule has 0 aliphatic carbocycles. The zero-order chi connectivity index (χ0) is 10.1. The number of thioether (sulfide) groups is 1. The summed E-state index contributed by atoms with van der Waals surface area (Å²) in [5.74, 6) is 1.23. The van der Waals surface area contributed by atoms with Crippen LogP contribution in [0.5, 0.6) is 0 Å². The van der Waals surface area contributed by atoms with Crippen molar-refractivity contribution in [2.24, 2.45) is 0 Å². The molecule has 0 heterocycles. The van der Waals surface area contributed by atoms with Crippen LogP contribution in [0.15, 0.2) is 35.2 Å².